The Labute approximate surface area is 102 Å². The zero-order valence-corrected chi connectivity index (χ0v) is 10.1. The summed E-state index contributed by atoms with van der Waals surface area (Å²) in [6, 6.07) is 4.64. The van der Waals surface area contributed by atoms with Gasteiger partial charge in [0, 0.05) is 10.4 Å². The van der Waals surface area contributed by atoms with Crippen molar-refractivity contribution >= 4 is 17.3 Å². The average Bonchev–Trinajstić information content (AvgIpc) is 2.65. The summed E-state index contributed by atoms with van der Waals surface area (Å²) in [6.45, 7) is 3.47. The molecular weight excluding hydrogens is 241 g/mol. The van der Waals surface area contributed by atoms with Crippen LogP contribution in [0.5, 0.6) is 0 Å². The van der Waals surface area contributed by atoms with Gasteiger partial charge in [-0.2, -0.15) is 0 Å². The Morgan fingerprint density at radius 2 is 2.12 bits per heavy atom. The highest BCUT2D eigenvalue weighted by atomic mass is 32.1. The molecule has 0 aliphatic rings. The van der Waals surface area contributed by atoms with Gasteiger partial charge in [-0.3, -0.25) is 0 Å². The third-order valence-corrected chi connectivity index (χ3v) is 3.37. The van der Waals surface area contributed by atoms with Gasteiger partial charge in [0.2, 0.25) is 5.01 Å². The molecule has 0 fully saturated rings. The van der Waals surface area contributed by atoms with E-state index in [1.54, 1.807) is 26.0 Å². The number of aryl methyl sites for hydroxylation is 2. The van der Waals surface area contributed by atoms with Crippen LogP contribution in [-0.4, -0.2) is 16.1 Å². The van der Waals surface area contributed by atoms with Crippen molar-refractivity contribution in [3.8, 4) is 11.3 Å². The number of aromatic nitrogens is 1. The van der Waals surface area contributed by atoms with E-state index in [-0.39, 0.29) is 10.8 Å². The van der Waals surface area contributed by atoms with Gasteiger partial charge in [0.1, 0.15) is 5.82 Å². The normalized spacial score (nSPS) is 10.5. The Morgan fingerprint density at radius 1 is 1.41 bits per heavy atom. The Morgan fingerprint density at radius 3 is 2.65 bits per heavy atom. The maximum absolute atomic E-state index is 13.1. The van der Waals surface area contributed by atoms with Crippen LogP contribution in [0, 0.1) is 19.7 Å². The molecule has 3 nitrogen and oxygen atoms in total. The Bertz CT molecular complexity index is 592. The molecule has 0 aliphatic heterocycles. The number of hydrogen-bond donors (Lipinski definition) is 1. The number of aromatic carboxylic acids is 1. The monoisotopic (exact) mass is 251 g/mol. The summed E-state index contributed by atoms with van der Waals surface area (Å²) < 4.78 is 13.1. The first-order valence-corrected chi connectivity index (χ1v) is 5.78. The van der Waals surface area contributed by atoms with Crippen LogP contribution in [0.4, 0.5) is 4.39 Å². The van der Waals surface area contributed by atoms with E-state index in [1.807, 2.05) is 0 Å². The molecule has 1 aromatic heterocycles. The smallest absolute Gasteiger partial charge is 0.365 e. The lowest BCUT2D eigenvalue weighted by Gasteiger charge is -2.01. The molecule has 0 amide bonds. The van der Waals surface area contributed by atoms with E-state index < -0.39 is 5.97 Å². The van der Waals surface area contributed by atoms with Crippen molar-refractivity contribution in [2.24, 2.45) is 0 Å². The Hall–Kier alpha value is -1.75. The first-order valence-electron chi connectivity index (χ1n) is 4.96. The van der Waals surface area contributed by atoms with Gasteiger partial charge in [-0.1, -0.05) is 0 Å². The second-order valence-corrected chi connectivity index (χ2v) is 4.90. The van der Waals surface area contributed by atoms with Crippen molar-refractivity contribution < 1.29 is 14.3 Å². The number of thiazole rings is 1. The molecule has 1 aromatic carbocycles. The molecule has 88 valence electrons. The fourth-order valence-corrected chi connectivity index (χ4v) is 2.32. The molecule has 2 rings (SSSR count). The fourth-order valence-electron chi connectivity index (χ4n) is 1.55. The zero-order valence-electron chi connectivity index (χ0n) is 9.32. The maximum Gasteiger partial charge on any atom is 0.365 e. The quantitative estimate of drug-likeness (QED) is 0.891. The van der Waals surface area contributed by atoms with E-state index in [4.69, 9.17) is 5.11 Å². The average molecular weight is 251 g/mol. The summed E-state index contributed by atoms with van der Waals surface area (Å²) in [5.74, 6) is -1.32. The van der Waals surface area contributed by atoms with Gasteiger partial charge in [0.25, 0.3) is 0 Å². The predicted molar refractivity (Wildman–Crippen MR) is 63.9 cm³/mol. The molecule has 0 bridgehead atoms. The summed E-state index contributed by atoms with van der Waals surface area (Å²) in [4.78, 5) is 15.7. The number of rotatable bonds is 2. The molecule has 0 atom stereocenters. The summed E-state index contributed by atoms with van der Waals surface area (Å²) in [6.07, 6.45) is 0. The van der Waals surface area contributed by atoms with Crippen LogP contribution in [0.3, 0.4) is 0 Å². The van der Waals surface area contributed by atoms with Crippen molar-refractivity contribution in [1.29, 1.82) is 0 Å². The highest BCUT2D eigenvalue weighted by Gasteiger charge is 2.14. The number of hydrogen-bond acceptors (Lipinski definition) is 3. The minimum Gasteiger partial charge on any atom is -0.476 e. The number of carboxylic acids is 1. The van der Waals surface area contributed by atoms with Crippen LogP contribution in [0.1, 0.15) is 20.2 Å². The van der Waals surface area contributed by atoms with Crippen molar-refractivity contribution in [3.63, 3.8) is 0 Å². The Kier molecular flexibility index (Phi) is 2.93. The molecule has 0 saturated heterocycles. The zero-order chi connectivity index (χ0) is 12.6. The number of benzene rings is 1. The van der Waals surface area contributed by atoms with Gasteiger partial charge in [-0.05, 0) is 37.6 Å². The molecule has 0 aliphatic carbocycles. The van der Waals surface area contributed by atoms with Crippen LogP contribution in [-0.2, 0) is 0 Å². The van der Waals surface area contributed by atoms with Gasteiger partial charge in [0.05, 0.1) is 5.69 Å². The summed E-state index contributed by atoms with van der Waals surface area (Å²) >= 11 is 1.12. The second kappa shape index (κ2) is 4.25. The third-order valence-electron chi connectivity index (χ3n) is 2.41. The highest BCUT2D eigenvalue weighted by Crippen LogP contribution is 2.28. The van der Waals surface area contributed by atoms with E-state index in [1.165, 1.54) is 6.07 Å². The number of carboxylic acid groups (broad SMARTS) is 1. The lowest BCUT2D eigenvalue weighted by molar-refractivity contribution is 0.0696. The van der Waals surface area contributed by atoms with Crippen molar-refractivity contribution in [1.82, 2.24) is 4.98 Å². The molecule has 2 aromatic rings. The molecule has 1 heterocycles. The van der Waals surface area contributed by atoms with Gasteiger partial charge in [-0.15, -0.1) is 11.3 Å². The van der Waals surface area contributed by atoms with Crippen molar-refractivity contribution in [2.45, 2.75) is 13.8 Å². The van der Waals surface area contributed by atoms with Crippen LogP contribution < -0.4 is 0 Å². The van der Waals surface area contributed by atoms with Crippen LogP contribution in [0.2, 0.25) is 0 Å². The third kappa shape index (κ3) is 2.19. The Balaban J connectivity index is 2.52. The van der Waals surface area contributed by atoms with Crippen LogP contribution >= 0.6 is 11.3 Å². The van der Waals surface area contributed by atoms with E-state index in [0.717, 1.165) is 21.8 Å². The van der Waals surface area contributed by atoms with Gasteiger partial charge in [-0.25, -0.2) is 14.2 Å². The fraction of sp³-hybridized carbons (Fsp3) is 0.167. The second-order valence-electron chi connectivity index (χ2n) is 3.69. The van der Waals surface area contributed by atoms with E-state index in [9.17, 15) is 9.18 Å². The van der Waals surface area contributed by atoms with Gasteiger partial charge < -0.3 is 5.11 Å². The summed E-state index contributed by atoms with van der Waals surface area (Å²) in [7, 11) is 0. The van der Waals surface area contributed by atoms with Gasteiger partial charge >= 0.3 is 5.97 Å². The highest BCUT2D eigenvalue weighted by molar-refractivity contribution is 7.13. The van der Waals surface area contributed by atoms with Crippen molar-refractivity contribution in [2.75, 3.05) is 0 Å². The van der Waals surface area contributed by atoms with E-state index in [2.05, 4.69) is 4.98 Å². The first kappa shape index (κ1) is 11.7. The molecule has 5 heteroatoms. The largest absolute Gasteiger partial charge is 0.476 e. The van der Waals surface area contributed by atoms with Crippen molar-refractivity contribution in [3.05, 3.63) is 39.5 Å². The molecule has 17 heavy (non-hydrogen) atoms. The molecule has 1 N–H and O–H groups in total. The molecule has 0 saturated carbocycles. The minimum atomic E-state index is -1.04. The first-order chi connectivity index (χ1) is 7.99. The van der Waals surface area contributed by atoms with Gasteiger partial charge in [0.15, 0.2) is 0 Å². The summed E-state index contributed by atoms with van der Waals surface area (Å²) in [5, 5.41) is 8.91. The maximum atomic E-state index is 13.1. The van der Waals surface area contributed by atoms with Crippen LogP contribution in [0.25, 0.3) is 11.3 Å². The van der Waals surface area contributed by atoms with E-state index >= 15 is 0 Å². The predicted octanol–water partition coefficient (Wildman–Crippen LogP) is 3.26. The lowest BCUT2D eigenvalue weighted by atomic mass is 10.1. The molecule has 0 radical (unpaired) electrons. The minimum absolute atomic E-state index is 0.0551. The molecule has 0 unspecified atom stereocenters. The van der Waals surface area contributed by atoms with Crippen LogP contribution in [0.15, 0.2) is 18.2 Å². The van der Waals surface area contributed by atoms with E-state index in [0.29, 0.717) is 11.3 Å². The number of nitrogens with zero attached hydrogens (tertiary/aromatic N) is 1. The molecular formula is C12H10FNO2S. The lowest BCUT2D eigenvalue weighted by Crippen LogP contribution is -1.94. The number of halogens is 1. The standard InChI is InChI=1S/C12H10FNO2S/c1-6-5-8(3-4-9(6)13)10-7(2)17-11(14-10)12(15)16/h3-5H,1-2H3,(H,15,16). The summed E-state index contributed by atoms with van der Waals surface area (Å²) in [5.41, 5.74) is 1.87. The topological polar surface area (TPSA) is 50.2 Å². The number of carbonyl (C=O) groups is 1. The molecule has 0 spiro atoms. The SMILES string of the molecule is Cc1cc(-c2nc(C(=O)O)sc2C)ccc1F.